The van der Waals surface area contributed by atoms with E-state index in [1.807, 2.05) is 0 Å². The van der Waals surface area contributed by atoms with Crippen LogP contribution in [0.1, 0.15) is 20.8 Å². The normalized spacial score (nSPS) is 49.2. The molecule has 3 fully saturated rings. The van der Waals surface area contributed by atoms with Crippen molar-refractivity contribution >= 4 is 47.6 Å². The van der Waals surface area contributed by atoms with Crippen LogP contribution in [0.5, 0.6) is 0 Å². The summed E-state index contributed by atoms with van der Waals surface area (Å²) < 4.78 is 18.1. The Morgan fingerprint density at radius 2 is 1.53 bits per heavy atom. The number of nitrogens with two attached hydrogens (primary N) is 8. The smallest absolute Gasteiger partial charge is 0.168 e. The van der Waals surface area contributed by atoms with Crippen LogP contribution in [0, 0.1) is 11.8 Å². The van der Waals surface area contributed by atoms with Crippen LogP contribution in [0.15, 0.2) is 4.99 Å². The van der Waals surface area contributed by atoms with Gasteiger partial charge in [0, 0.05) is 23.9 Å². The molecule has 0 radical (unpaired) electrons. The molecule has 3 saturated heterocycles. The second-order valence-electron chi connectivity index (χ2n) is 11.7. The summed E-state index contributed by atoms with van der Waals surface area (Å²) in [6, 6.07) is -1.27. The predicted molar refractivity (Wildman–Crippen MR) is 168 cm³/mol. The van der Waals surface area contributed by atoms with Gasteiger partial charge in [-0.05, 0) is 18.8 Å². The molecule has 0 aromatic heterocycles. The Bertz CT molecular complexity index is 908. The molecule has 3 aliphatic heterocycles. The predicted octanol–water partition coefficient (Wildman–Crippen LogP) is -2.27. The molecule has 38 heavy (non-hydrogen) atoms. The number of hydrogen-bond acceptors (Lipinski definition) is 12. The molecule has 3 aliphatic rings. The molecular weight excluding hydrogens is 562 g/mol. The zero-order chi connectivity index (χ0) is 29.0. The zero-order valence-electron chi connectivity index (χ0n) is 22.7. The lowest BCUT2D eigenvalue weighted by Gasteiger charge is -2.43. The fraction of sp³-hybridized carbons (Fsp3) is 0.909. The van der Waals surface area contributed by atoms with Gasteiger partial charge in [-0.1, -0.05) is 13.8 Å². The summed E-state index contributed by atoms with van der Waals surface area (Å²) in [6.45, 7) is 9.89. The topological polar surface area (TPSA) is 248 Å². The van der Waals surface area contributed by atoms with Gasteiger partial charge in [0.05, 0.1) is 37.9 Å². The van der Waals surface area contributed by atoms with E-state index in [0.29, 0.717) is 27.1 Å². The Morgan fingerprint density at radius 1 is 0.974 bits per heavy atom. The van der Waals surface area contributed by atoms with Crippen LogP contribution in [0.3, 0.4) is 0 Å². The van der Waals surface area contributed by atoms with Gasteiger partial charge in [-0.25, -0.2) is 0 Å². The molecule has 3 heterocycles. The Labute approximate surface area is 234 Å². The summed E-state index contributed by atoms with van der Waals surface area (Å²) in [5, 5.41) is -0.344. The van der Waals surface area contributed by atoms with Gasteiger partial charge in [0.2, 0.25) is 0 Å². The fourth-order valence-corrected chi connectivity index (χ4v) is 11.1. The molecule has 0 spiro atoms. The van der Waals surface area contributed by atoms with Crippen molar-refractivity contribution in [3.8, 4) is 0 Å². The van der Waals surface area contributed by atoms with Crippen LogP contribution in [0.2, 0.25) is 0 Å². The maximum absolute atomic E-state index is 7.00. The average Bonchev–Trinajstić information content (AvgIpc) is 3.31. The van der Waals surface area contributed by atoms with Gasteiger partial charge >= 0.3 is 0 Å². The van der Waals surface area contributed by atoms with Gasteiger partial charge in [0.1, 0.15) is 35.7 Å². The molecular formula is C22H50N9O3P4+. The van der Waals surface area contributed by atoms with E-state index < -0.39 is 55.5 Å². The van der Waals surface area contributed by atoms with Crippen molar-refractivity contribution in [2.75, 3.05) is 18.5 Å². The van der Waals surface area contributed by atoms with E-state index in [1.165, 1.54) is 0 Å². The number of nitrogens with zero attached hydrogens (tertiary/aromatic N) is 1. The van der Waals surface area contributed by atoms with E-state index in [1.54, 1.807) is 0 Å². The summed E-state index contributed by atoms with van der Waals surface area (Å²) >= 11 is 0. The molecule has 0 amide bonds. The maximum Gasteiger partial charge on any atom is 0.168 e. The van der Waals surface area contributed by atoms with Crippen molar-refractivity contribution < 1.29 is 14.2 Å². The Balaban J connectivity index is 1.79. The third-order valence-corrected chi connectivity index (χ3v) is 14.6. The summed E-state index contributed by atoms with van der Waals surface area (Å²) in [5.74, 6) is -0.459. The largest absolute Gasteiger partial charge is 0.341 e. The van der Waals surface area contributed by atoms with E-state index in [0.717, 1.165) is 0 Å². The van der Waals surface area contributed by atoms with E-state index in [4.69, 9.17) is 60.1 Å². The molecule has 0 aromatic carbocycles. The standard InChI is InChI=1S/C22H50N9O3P4/c1-9(38(5)8-22(30)15(36)13(25)18(31-4)34-22)10-11(23)16(26)33-21(10,29)7-37-19(2,3)14-12(24)17(27)32-20(14,28)6-35/h9-18,37H,4-8,23-30,35-36H2,1-3H3/q+1. The highest BCUT2D eigenvalue weighted by atomic mass is 31.1. The number of rotatable bonds is 10. The van der Waals surface area contributed by atoms with Gasteiger partial charge in [-0.3, -0.25) is 10.7 Å². The van der Waals surface area contributed by atoms with Crippen LogP contribution >= 0.6 is 34.6 Å². The second kappa shape index (κ2) is 11.8. The molecule has 17 atom stereocenters. The Kier molecular flexibility index (Phi) is 10.3. The van der Waals surface area contributed by atoms with Crippen LogP contribution in [-0.2, 0) is 14.2 Å². The van der Waals surface area contributed by atoms with Gasteiger partial charge < -0.3 is 54.3 Å². The lowest BCUT2D eigenvalue weighted by Crippen LogP contribution is -2.59. The first-order valence-electron chi connectivity index (χ1n) is 12.8. The summed E-state index contributed by atoms with van der Waals surface area (Å²) in [6.07, 6.45) is 4.06. The van der Waals surface area contributed by atoms with Crippen LogP contribution in [-0.4, -0.2) is 102 Å². The van der Waals surface area contributed by atoms with Crippen molar-refractivity contribution in [2.24, 2.45) is 62.7 Å². The first-order chi connectivity index (χ1) is 17.4. The molecule has 0 bridgehead atoms. The fourth-order valence-electron chi connectivity index (χ4n) is 6.37. The quantitative estimate of drug-likeness (QED) is 0.0965. The Morgan fingerprint density at radius 3 is 2.05 bits per heavy atom. The van der Waals surface area contributed by atoms with Crippen LogP contribution < -0.4 is 45.9 Å². The molecule has 16 N–H and O–H groups in total. The van der Waals surface area contributed by atoms with Crippen molar-refractivity contribution in [1.82, 2.24) is 0 Å². The number of hydrogen-bond donors (Lipinski definition) is 8. The molecule has 0 aliphatic carbocycles. The van der Waals surface area contributed by atoms with E-state index in [-0.39, 0.29) is 34.4 Å². The summed E-state index contributed by atoms with van der Waals surface area (Å²) in [4.78, 5) is 3.98. The van der Waals surface area contributed by atoms with Gasteiger partial charge in [-0.15, -0.1) is 27.1 Å². The van der Waals surface area contributed by atoms with Crippen molar-refractivity contribution in [1.29, 1.82) is 0 Å². The average molecular weight is 613 g/mol. The number of ether oxygens (including phenoxy) is 3. The molecule has 16 heteroatoms. The molecule has 12 nitrogen and oxygen atoms in total. The highest BCUT2D eigenvalue weighted by molar-refractivity contribution is 7.56. The number of aliphatic imine (C=N–C) groups is 1. The third kappa shape index (κ3) is 5.94. The zero-order valence-corrected chi connectivity index (χ0v) is 26.9. The minimum atomic E-state index is -1.07. The van der Waals surface area contributed by atoms with Crippen LogP contribution in [0.4, 0.5) is 0 Å². The van der Waals surface area contributed by atoms with E-state index in [9.17, 15) is 0 Å². The van der Waals surface area contributed by atoms with Gasteiger partial charge in [0.25, 0.3) is 0 Å². The lowest BCUT2D eigenvalue weighted by atomic mass is 9.82. The van der Waals surface area contributed by atoms with Crippen LogP contribution in [0.25, 0.3) is 0 Å². The second-order valence-corrected chi connectivity index (χ2v) is 17.2. The molecule has 17 unspecified atom stereocenters. The first-order valence-corrected chi connectivity index (χ1v) is 17.3. The minimum Gasteiger partial charge on any atom is -0.341 e. The SMILES string of the molecule is C=NC1OC(N)(C[P+](=C)C(C)C2C(N)C(N)OC2(N)CPC(C)(C)C2C(N)C(N)OC2(N)CP)C(P)C1N. The first kappa shape index (κ1) is 33.2. The summed E-state index contributed by atoms with van der Waals surface area (Å²) in [5.41, 5.74) is 48.8. The van der Waals surface area contributed by atoms with Gasteiger partial charge in [-0.2, -0.15) is 0 Å². The Hall–Kier alpha value is 0.690. The van der Waals surface area contributed by atoms with Gasteiger partial charge in [0.15, 0.2) is 12.0 Å². The molecule has 3 rings (SSSR count). The maximum atomic E-state index is 7.00. The van der Waals surface area contributed by atoms with Crippen molar-refractivity contribution in [3.05, 3.63) is 0 Å². The minimum absolute atomic E-state index is 0.0363. The molecule has 0 aromatic rings. The monoisotopic (exact) mass is 612 g/mol. The highest BCUT2D eigenvalue weighted by Crippen LogP contribution is 2.52. The highest BCUT2D eigenvalue weighted by Gasteiger charge is 2.60. The lowest BCUT2D eigenvalue weighted by molar-refractivity contribution is -0.0414. The molecule has 0 saturated carbocycles. The molecule has 220 valence electrons. The van der Waals surface area contributed by atoms with E-state index in [2.05, 4.69) is 57.3 Å². The third-order valence-electron chi connectivity index (χ3n) is 8.65. The summed E-state index contributed by atoms with van der Waals surface area (Å²) in [7, 11) is 4.69. The van der Waals surface area contributed by atoms with Crippen molar-refractivity contribution in [3.63, 3.8) is 0 Å². The van der Waals surface area contributed by atoms with Crippen molar-refractivity contribution in [2.45, 2.75) is 91.2 Å². The van der Waals surface area contributed by atoms with E-state index >= 15 is 0 Å².